The van der Waals surface area contributed by atoms with E-state index in [4.69, 9.17) is 0 Å². The minimum atomic E-state index is 0.0825. The lowest BCUT2D eigenvalue weighted by Crippen LogP contribution is -2.22. The first-order chi connectivity index (χ1) is 12.3. The number of nitrogens with zero attached hydrogens (tertiary/aromatic N) is 1. The summed E-state index contributed by atoms with van der Waals surface area (Å²) < 4.78 is 1.16. The van der Waals surface area contributed by atoms with Crippen molar-refractivity contribution in [2.45, 2.75) is 25.8 Å². The van der Waals surface area contributed by atoms with Crippen molar-refractivity contribution in [3.63, 3.8) is 0 Å². The number of aromatic amines is 1. The van der Waals surface area contributed by atoms with Crippen LogP contribution >= 0.6 is 11.3 Å². The van der Waals surface area contributed by atoms with Crippen molar-refractivity contribution in [3.05, 3.63) is 65.3 Å². The van der Waals surface area contributed by atoms with Crippen LogP contribution in [-0.4, -0.2) is 15.9 Å². The third-order valence-electron chi connectivity index (χ3n) is 4.30. The third kappa shape index (κ3) is 3.56. The number of rotatable bonds is 6. The lowest BCUT2D eigenvalue weighted by atomic mass is 10.1. The Labute approximate surface area is 149 Å². The Morgan fingerprint density at radius 3 is 2.88 bits per heavy atom. The van der Waals surface area contributed by atoms with E-state index in [1.807, 2.05) is 36.5 Å². The van der Waals surface area contributed by atoms with E-state index in [1.54, 1.807) is 11.3 Å². The molecule has 2 heterocycles. The molecule has 0 unspecified atom stereocenters. The number of aromatic nitrogens is 2. The number of para-hydroxylation sites is 2. The van der Waals surface area contributed by atoms with E-state index in [0.29, 0.717) is 13.0 Å². The number of hydrogen-bond donors (Lipinski definition) is 2. The van der Waals surface area contributed by atoms with Gasteiger partial charge in [-0.1, -0.05) is 30.3 Å². The lowest BCUT2D eigenvalue weighted by molar-refractivity contribution is -0.121. The maximum atomic E-state index is 12.1. The molecule has 0 bridgehead atoms. The Kier molecular flexibility index (Phi) is 4.48. The third-order valence-corrected chi connectivity index (χ3v) is 5.34. The van der Waals surface area contributed by atoms with Crippen LogP contribution in [0.5, 0.6) is 0 Å². The summed E-state index contributed by atoms with van der Waals surface area (Å²) in [4.78, 5) is 19.9. The summed E-state index contributed by atoms with van der Waals surface area (Å²) in [7, 11) is 0. The first kappa shape index (κ1) is 15.8. The molecule has 0 atom stereocenters. The average Bonchev–Trinajstić information content (AvgIpc) is 3.24. The Morgan fingerprint density at radius 1 is 1.12 bits per heavy atom. The molecule has 25 heavy (non-hydrogen) atoms. The molecular formula is C20H19N3OS. The minimum Gasteiger partial charge on any atom is -0.361 e. The fourth-order valence-electron chi connectivity index (χ4n) is 3.04. The molecule has 2 N–H and O–H groups in total. The van der Waals surface area contributed by atoms with Gasteiger partial charge in [0.05, 0.1) is 16.8 Å². The predicted octanol–water partition coefficient (Wildman–Crippen LogP) is 4.42. The molecule has 0 aliphatic carbocycles. The molecule has 4 aromatic rings. The molecule has 0 spiro atoms. The van der Waals surface area contributed by atoms with Gasteiger partial charge in [-0.15, -0.1) is 11.3 Å². The molecule has 4 nitrogen and oxygen atoms in total. The molecule has 1 amide bonds. The molecular weight excluding hydrogens is 330 g/mol. The van der Waals surface area contributed by atoms with Gasteiger partial charge in [0.25, 0.3) is 0 Å². The molecule has 4 rings (SSSR count). The summed E-state index contributed by atoms with van der Waals surface area (Å²) in [5, 5.41) is 5.18. The van der Waals surface area contributed by atoms with Crippen molar-refractivity contribution < 1.29 is 4.79 Å². The van der Waals surface area contributed by atoms with E-state index < -0.39 is 0 Å². The van der Waals surface area contributed by atoms with Crippen molar-refractivity contribution in [1.29, 1.82) is 0 Å². The molecule has 0 aliphatic rings. The highest BCUT2D eigenvalue weighted by atomic mass is 32.1. The van der Waals surface area contributed by atoms with E-state index >= 15 is 0 Å². The van der Waals surface area contributed by atoms with Gasteiger partial charge in [-0.25, -0.2) is 4.98 Å². The molecule has 2 aromatic heterocycles. The number of carbonyl (C=O) groups excluding carboxylic acids is 1. The number of carbonyl (C=O) groups is 1. The van der Waals surface area contributed by atoms with Gasteiger partial charge < -0.3 is 10.3 Å². The van der Waals surface area contributed by atoms with Gasteiger partial charge in [-0.2, -0.15) is 0 Å². The van der Waals surface area contributed by atoms with Crippen LogP contribution < -0.4 is 5.32 Å². The molecule has 0 radical (unpaired) electrons. The standard InChI is InChI=1S/C20H19N3OS/c24-19(22-13-20-23-17-9-3-4-10-18(17)25-20)11-5-6-14-12-21-16-8-2-1-7-15(14)16/h1-4,7-10,12,21H,5-6,11,13H2,(H,22,24). The highest BCUT2D eigenvalue weighted by Crippen LogP contribution is 2.21. The molecule has 0 saturated carbocycles. The number of nitrogens with one attached hydrogen (secondary N) is 2. The van der Waals surface area contributed by atoms with Gasteiger partial charge >= 0.3 is 0 Å². The van der Waals surface area contributed by atoms with Crippen molar-refractivity contribution in [3.8, 4) is 0 Å². The second-order valence-electron chi connectivity index (χ2n) is 6.07. The average molecular weight is 349 g/mol. The van der Waals surface area contributed by atoms with Crippen molar-refractivity contribution in [2.75, 3.05) is 0 Å². The van der Waals surface area contributed by atoms with Crippen LogP contribution in [0.2, 0.25) is 0 Å². The maximum Gasteiger partial charge on any atom is 0.220 e. The lowest BCUT2D eigenvalue weighted by Gasteiger charge is -2.03. The zero-order valence-corrected chi connectivity index (χ0v) is 14.6. The first-order valence-corrected chi connectivity index (χ1v) is 9.27. The molecule has 0 saturated heterocycles. The molecule has 2 aromatic carbocycles. The highest BCUT2D eigenvalue weighted by Gasteiger charge is 2.07. The summed E-state index contributed by atoms with van der Waals surface area (Å²) in [6, 6.07) is 16.3. The summed E-state index contributed by atoms with van der Waals surface area (Å²) in [5.74, 6) is 0.0825. The quantitative estimate of drug-likeness (QED) is 0.541. The number of fused-ring (bicyclic) bond motifs is 2. The fraction of sp³-hybridized carbons (Fsp3) is 0.200. The highest BCUT2D eigenvalue weighted by molar-refractivity contribution is 7.18. The number of benzene rings is 2. The number of H-pyrrole nitrogens is 1. The van der Waals surface area contributed by atoms with Crippen LogP contribution in [0, 0.1) is 0 Å². The van der Waals surface area contributed by atoms with E-state index in [2.05, 4.69) is 33.5 Å². The van der Waals surface area contributed by atoms with Gasteiger partial charge in [0.15, 0.2) is 0 Å². The monoisotopic (exact) mass is 349 g/mol. The zero-order valence-electron chi connectivity index (χ0n) is 13.8. The molecule has 0 aliphatic heterocycles. The Bertz CT molecular complexity index is 985. The fourth-order valence-corrected chi connectivity index (χ4v) is 3.94. The minimum absolute atomic E-state index is 0.0825. The van der Waals surface area contributed by atoms with Crippen LogP contribution in [0.25, 0.3) is 21.1 Å². The largest absolute Gasteiger partial charge is 0.361 e. The number of thiazole rings is 1. The second kappa shape index (κ2) is 7.07. The Balaban J connectivity index is 1.27. The van der Waals surface area contributed by atoms with Crippen LogP contribution in [0.4, 0.5) is 0 Å². The van der Waals surface area contributed by atoms with E-state index in [9.17, 15) is 4.79 Å². The van der Waals surface area contributed by atoms with Crippen LogP contribution in [0.15, 0.2) is 54.7 Å². The van der Waals surface area contributed by atoms with Crippen LogP contribution in [-0.2, 0) is 17.8 Å². The van der Waals surface area contributed by atoms with E-state index in [0.717, 1.165) is 33.6 Å². The second-order valence-corrected chi connectivity index (χ2v) is 7.18. The van der Waals surface area contributed by atoms with E-state index in [1.165, 1.54) is 10.9 Å². The summed E-state index contributed by atoms with van der Waals surface area (Å²) in [5.41, 5.74) is 3.42. The number of aryl methyl sites for hydroxylation is 1. The number of amides is 1. The smallest absolute Gasteiger partial charge is 0.220 e. The van der Waals surface area contributed by atoms with E-state index in [-0.39, 0.29) is 5.91 Å². The molecule has 5 heteroatoms. The van der Waals surface area contributed by atoms with Gasteiger partial charge in [-0.05, 0) is 36.6 Å². The normalized spacial score (nSPS) is 11.2. The van der Waals surface area contributed by atoms with Gasteiger partial charge in [0, 0.05) is 23.5 Å². The zero-order chi connectivity index (χ0) is 17.1. The first-order valence-electron chi connectivity index (χ1n) is 8.46. The SMILES string of the molecule is O=C(CCCc1c[nH]c2ccccc12)NCc1nc2ccccc2s1. The summed E-state index contributed by atoms with van der Waals surface area (Å²) in [6.45, 7) is 0.505. The summed E-state index contributed by atoms with van der Waals surface area (Å²) >= 11 is 1.63. The van der Waals surface area contributed by atoms with Gasteiger partial charge in [0.2, 0.25) is 5.91 Å². The maximum absolute atomic E-state index is 12.1. The van der Waals surface area contributed by atoms with Crippen molar-refractivity contribution >= 4 is 38.4 Å². The predicted molar refractivity (Wildman–Crippen MR) is 103 cm³/mol. The summed E-state index contributed by atoms with van der Waals surface area (Å²) in [6.07, 6.45) is 4.32. The molecule has 0 fully saturated rings. The molecule has 126 valence electrons. The Morgan fingerprint density at radius 2 is 1.96 bits per heavy atom. The topological polar surface area (TPSA) is 57.8 Å². The van der Waals surface area contributed by atoms with Crippen molar-refractivity contribution in [2.24, 2.45) is 0 Å². The van der Waals surface area contributed by atoms with Gasteiger partial charge in [0.1, 0.15) is 5.01 Å². The van der Waals surface area contributed by atoms with Crippen LogP contribution in [0.1, 0.15) is 23.4 Å². The van der Waals surface area contributed by atoms with Crippen LogP contribution in [0.3, 0.4) is 0 Å². The van der Waals surface area contributed by atoms with Gasteiger partial charge in [-0.3, -0.25) is 4.79 Å². The van der Waals surface area contributed by atoms with Crippen molar-refractivity contribution in [1.82, 2.24) is 15.3 Å². The Hall–Kier alpha value is -2.66. The number of hydrogen-bond acceptors (Lipinski definition) is 3.